The highest BCUT2D eigenvalue weighted by molar-refractivity contribution is 4.65. The fourth-order valence-corrected chi connectivity index (χ4v) is 0.843. The van der Waals surface area contributed by atoms with Crippen LogP contribution in [0.1, 0.15) is 53.9 Å². The van der Waals surface area contributed by atoms with Gasteiger partial charge in [0, 0.05) is 6.61 Å². The molecule has 0 aromatic rings. The molecule has 0 aliphatic rings. The second-order valence-electron chi connectivity index (χ2n) is 4.26. The zero-order valence-electron chi connectivity index (χ0n) is 9.31. The Morgan fingerprint density at radius 1 is 1.25 bits per heavy atom. The first-order valence-corrected chi connectivity index (χ1v) is 5.15. The Hall–Kier alpha value is -0.0400. The summed E-state index contributed by atoms with van der Waals surface area (Å²) in [7, 11) is 0. The van der Waals surface area contributed by atoms with E-state index in [2.05, 4.69) is 34.6 Å². The molecule has 1 unspecified atom stereocenters. The molecule has 74 valence electrons. The SMILES string of the molecule is CCC(C)CCOC(C)(C)CC. The van der Waals surface area contributed by atoms with Crippen LogP contribution in [0.2, 0.25) is 0 Å². The van der Waals surface area contributed by atoms with Gasteiger partial charge in [-0.3, -0.25) is 0 Å². The lowest BCUT2D eigenvalue weighted by molar-refractivity contribution is -0.0251. The van der Waals surface area contributed by atoms with E-state index in [0.717, 1.165) is 18.9 Å². The molecule has 0 rings (SSSR count). The lowest BCUT2D eigenvalue weighted by Crippen LogP contribution is -2.24. The van der Waals surface area contributed by atoms with Crippen LogP contribution < -0.4 is 0 Å². The molecule has 1 nitrogen and oxygen atoms in total. The maximum Gasteiger partial charge on any atom is 0.0623 e. The third-order valence-corrected chi connectivity index (χ3v) is 2.65. The zero-order valence-corrected chi connectivity index (χ0v) is 9.31. The normalized spacial score (nSPS) is 14.8. The van der Waals surface area contributed by atoms with Gasteiger partial charge in [0.1, 0.15) is 0 Å². The summed E-state index contributed by atoms with van der Waals surface area (Å²) in [5.74, 6) is 0.803. The van der Waals surface area contributed by atoms with E-state index in [1.54, 1.807) is 0 Å². The van der Waals surface area contributed by atoms with Crippen LogP contribution in [0.3, 0.4) is 0 Å². The molecule has 1 heteroatoms. The summed E-state index contributed by atoms with van der Waals surface area (Å²) in [6.07, 6.45) is 3.54. The maximum atomic E-state index is 5.75. The van der Waals surface area contributed by atoms with Gasteiger partial charge in [-0.25, -0.2) is 0 Å². The molecule has 1 atom stereocenters. The van der Waals surface area contributed by atoms with Crippen molar-refractivity contribution in [1.82, 2.24) is 0 Å². The predicted octanol–water partition coefficient (Wildman–Crippen LogP) is 3.63. The monoisotopic (exact) mass is 172 g/mol. The van der Waals surface area contributed by atoms with Crippen LogP contribution in [0.25, 0.3) is 0 Å². The van der Waals surface area contributed by atoms with Gasteiger partial charge in [-0.1, -0.05) is 27.2 Å². The Labute approximate surface area is 77.5 Å². The van der Waals surface area contributed by atoms with Crippen LogP contribution in [0.15, 0.2) is 0 Å². The topological polar surface area (TPSA) is 9.23 Å². The quantitative estimate of drug-likeness (QED) is 0.594. The minimum atomic E-state index is 0.0768. The van der Waals surface area contributed by atoms with Crippen LogP contribution in [0.5, 0.6) is 0 Å². The minimum Gasteiger partial charge on any atom is -0.376 e. The second-order valence-corrected chi connectivity index (χ2v) is 4.26. The Kier molecular flexibility index (Phi) is 5.56. The van der Waals surface area contributed by atoms with E-state index in [0.29, 0.717) is 0 Å². The molecular formula is C11H24O. The van der Waals surface area contributed by atoms with E-state index in [4.69, 9.17) is 4.74 Å². The van der Waals surface area contributed by atoms with Crippen molar-refractivity contribution in [3.05, 3.63) is 0 Å². The summed E-state index contributed by atoms with van der Waals surface area (Å²) in [6, 6.07) is 0. The van der Waals surface area contributed by atoms with Crippen LogP contribution in [0.4, 0.5) is 0 Å². The first-order valence-electron chi connectivity index (χ1n) is 5.15. The van der Waals surface area contributed by atoms with Crippen molar-refractivity contribution in [3.63, 3.8) is 0 Å². The molecule has 0 aliphatic carbocycles. The average Bonchev–Trinajstić information content (AvgIpc) is 2.04. The van der Waals surface area contributed by atoms with Gasteiger partial charge in [0.2, 0.25) is 0 Å². The van der Waals surface area contributed by atoms with Crippen molar-refractivity contribution in [2.45, 2.75) is 59.5 Å². The second kappa shape index (κ2) is 5.58. The summed E-state index contributed by atoms with van der Waals surface area (Å²) < 4.78 is 5.75. The fraction of sp³-hybridized carbons (Fsp3) is 1.00. The largest absolute Gasteiger partial charge is 0.376 e. The molecule has 0 amide bonds. The molecule has 0 bridgehead atoms. The highest BCUT2D eigenvalue weighted by atomic mass is 16.5. The summed E-state index contributed by atoms with van der Waals surface area (Å²) in [5.41, 5.74) is 0.0768. The first-order chi connectivity index (χ1) is 5.52. The minimum absolute atomic E-state index is 0.0768. The van der Waals surface area contributed by atoms with Gasteiger partial charge < -0.3 is 4.74 Å². The molecule has 0 aromatic heterocycles. The van der Waals surface area contributed by atoms with E-state index in [-0.39, 0.29) is 5.60 Å². The van der Waals surface area contributed by atoms with Gasteiger partial charge >= 0.3 is 0 Å². The van der Waals surface area contributed by atoms with Crippen molar-refractivity contribution in [3.8, 4) is 0 Å². The predicted molar refractivity (Wildman–Crippen MR) is 54.4 cm³/mol. The fourth-order valence-electron chi connectivity index (χ4n) is 0.843. The number of rotatable bonds is 6. The smallest absolute Gasteiger partial charge is 0.0623 e. The summed E-state index contributed by atoms with van der Waals surface area (Å²) in [5, 5.41) is 0. The Morgan fingerprint density at radius 2 is 1.83 bits per heavy atom. The van der Waals surface area contributed by atoms with E-state index in [1.807, 2.05) is 0 Å². The molecule has 0 N–H and O–H groups in total. The molecule has 0 heterocycles. The van der Waals surface area contributed by atoms with Crippen molar-refractivity contribution < 1.29 is 4.74 Å². The molecule has 12 heavy (non-hydrogen) atoms. The van der Waals surface area contributed by atoms with Crippen molar-refractivity contribution in [1.29, 1.82) is 0 Å². The van der Waals surface area contributed by atoms with E-state index < -0.39 is 0 Å². The van der Waals surface area contributed by atoms with E-state index >= 15 is 0 Å². The zero-order chi connectivity index (χ0) is 9.61. The van der Waals surface area contributed by atoms with E-state index in [1.165, 1.54) is 12.8 Å². The lowest BCUT2D eigenvalue weighted by atomic mass is 10.0. The maximum absolute atomic E-state index is 5.75. The number of hydrogen-bond acceptors (Lipinski definition) is 1. The highest BCUT2D eigenvalue weighted by Gasteiger charge is 2.14. The number of ether oxygens (including phenoxy) is 1. The van der Waals surface area contributed by atoms with Gasteiger partial charge in [-0.15, -0.1) is 0 Å². The molecule has 0 aromatic carbocycles. The highest BCUT2D eigenvalue weighted by Crippen LogP contribution is 2.15. The summed E-state index contributed by atoms with van der Waals surface area (Å²) >= 11 is 0. The van der Waals surface area contributed by atoms with Gasteiger partial charge in [-0.05, 0) is 32.6 Å². The van der Waals surface area contributed by atoms with Gasteiger partial charge in [0.15, 0.2) is 0 Å². The molecular weight excluding hydrogens is 148 g/mol. The average molecular weight is 172 g/mol. The molecule has 0 radical (unpaired) electrons. The van der Waals surface area contributed by atoms with Crippen LogP contribution in [-0.2, 0) is 4.74 Å². The molecule has 0 fully saturated rings. The summed E-state index contributed by atoms with van der Waals surface area (Å²) in [4.78, 5) is 0. The van der Waals surface area contributed by atoms with Crippen molar-refractivity contribution in [2.75, 3.05) is 6.61 Å². The summed E-state index contributed by atoms with van der Waals surface area (Å²) in [6.45, 7) is 11.9. The van der Waals surface area contributed by atoms with Crippen molar-refractivity contribution in [2.24, 2.45) is 5.92 Å². The first kappa shape index (κ1) is 12.0. The molecule has 0 saturated heterocycles. The Morgan fingerprint density at radius 3 is 2.25 bits per heavy atom. The van der Waals surface area contributed by atoms with Gasteiger partial charge in [0.25, 0.3) is 0 Å². The Balaban J connectivity index is 3.42. The lowest BCUT2D eigenvalue weighted by Gasteiger charge is -2.24. The van der Waals surface area contributed by atoms with Crippen LogP contribution in [0, 0.1) is 5.92 Å². The van der Waals surface area contributed by atoms with Crippen LogP contribution >= 0.6 is 0 Å². The Bertz CT molecular complexity index is 108. The molecule has 0 aliphatic heterocycles. The number of hydrogen-bond donors (Lipinski definition) is 0. The van der Waals surface area contributed by atoms with Gasteiger partial charge in [0.05, 0.1) is 5.60 Å². The van der Waals surface area contributed by atoms with E-state index in [9.17, 15) is 0 Å². The third kappa shape index (κ3) is 5.59. The third-order valence-electron chi connectivity index (χ3n) is 2.65. The molecule has 0 spiro atoms. The van der Waals surface area contributed by atoms with Crippen molar-refractivity contribution >= 4 is 0 Å². The standard InChI is InChI=1S/C11H24O/c1-6-10(3)8-9-12-11(4,5)7-2/h10H,6-9H2,1-5H3. The van der Waals surface area contributed by atoms with Crippen LogP contribution in [-0.4, -0.2) is 12.2 Å². The van der Waals surface area contributed by atoms with Gasteiger partial charge in [-0.2, -0.15) is 0 Å². The molecule has 0 saturated carbocycles.